The van der Waals surface area contributed by atoms with Crippen molar-refractivity contribution in [2.24, 2.45) is 0 Å². The van der Waals surface area contributed by atoms with E-state index in [0.29, 0.717) is 19.9 Å². The van der Waals surface area contributed by atoms with Crippen LogP contribution in [0.3, 0.4) is 0 Å². The van der Waals surface area contributed by atoms with Crippen molar-refractivity contribution in [1.29, 1.82) is 0 Å². The highest BCUT2D eigenvalue weighted by Crippen LogP contribution is 2.20. The summed E-state index contributed by atoms with van der Waals surface area (Å²) in [6.07, 6.45) is 0.745. The molecule has 19 heavy (non-hydrogen) atoms. The number of H-pyrrole nitrogens is 1. The Hall–Kier alpha value is -1.20. The zero-order valence-corrected chi connectivity index (χ0v) is 12.2. The Labute approximate surface area is 114 Å². The summed E-state index contributed by atoms with van der Waals surface area (Å²) in [6, 6.07) is 0. The van der Waals surface area contributed by atoms with Crippen LogP contribution in [0.4, 0.5) is 0 Å². The first-order valence-corrected chi connectivity index (χ1v) is 6.84. The second-order valence-corrected chi connectivity index (χ2v) is 6.01. The molecule has 1 aliphatic heterocycles. The van der Waals surface area contributed by atoms with Gasteiger partial charge in [-0.05, 0) is 13.3 Å². The molecule has 5 nitrogen and oxygen atoms in total. The van der Waals surface area contributed by atoms with Crippen LogP contribution in [0.5, 0.6) is 0 Å². The lowest BCUT2D eigenvalue weighted by Gasteiger charge is -2.28. The minimum absolute atomic E-state index is 0.0194. The summed E-state index contributed by atoms with van der Waals surface area (Å²) in [7, 11) is 0. The molecule has 2 heterocycles. The minimum atomic E-state index is -0.142. The number of fused-ring (bicyclic) bond motifs is 1. The van der Waals surface area contributed by atoms with Crippen LogP contribution in [0.2, 0.25) is 0 Å². The average molecular weight is 265 g/mol. The maximum absolute atomic E-state index is 12.1. The summed E-state index contributed by atoms with van der Waals surface area (Å²) in [6.45, 7) is 11.0. The van der Waals surface area contributed by atoms with Gasteiger partial charge in [0.05, 0.1) is 12.4 Å². The van der Waals surface area contributed by atoms with Crippen LogP contribution < -0.4 is 5.56 Å². The molecule has 0 spiro atoms. The van der Waals surface area contributed by atoms with Crippen LogP contribution in [-0.2, 0) is 23.1 Å². The quantitative estimate of drug-likeness (QED) is 0.898. The maximum Gasteiger partial charge on any atom is 0.254 e. The molecule has 0 unspecified atom stereocenters. The Morgan fingerprint density at radius 3 is 2.79 bits per heavy atom. The molecule has 0 amide bonds. The highest BCUT2D eigenvalue weighted by molar-refractivity contribution is 5.22. The van der Waals surface area contributed by atoms with Crippen LogP contribution in [0.1, 0.15) is 44.8 Å². The highest BCUT2D eigenvalue weighted by atomic mass is 16.5. The summed E-state index contributed by atoms with van der Waals surface area (Å²) >= 11 is 0. The molecule has 1 aliphatic rings. The van der Waals surface area contributed by atoms with E-state index in [1.165, 1.54) is 0 Å². The molecule has 1 aromatic heterocycles. The van der Waals surface area contributed by atoms with Gasteiger partial charge in [0, 0.05) is 30.7 Å². The van der Waals surface area contributed by atoms with Gasteiger partial charge in [-0.1, -0.05) is 20.8 Å². The van der Waals surface area contributed by atoms with E-state index in [0.717, 1.165) is 30.0 Å². The van der Waals surface area contributed by atoms with E-state index in [9.17, 15) is 4.79 Å². The highest BCUT2D eigenvalue weighted by Gasteiger charge is 2.24. The monoisotopic (exact) mass is 265 g/mol. The van der Waals surface area contributed by atoms with Gasteiger partial charge in [-0.25, -0.2) is 4.98 Å². The smallest absolute Gasteiger partial charge is 0.254 e. The van der Waals surface area contributed by atoms with E-state index in [1.807, 2.05) is 6.92 Å². The van der Waals surface area contributed by atoms with Crippen LogP contribution in [-0.4, -0.2) is 34.8 Å². The molecule has 0 saturated carbocycles. The fourth-order valence-corrected chi connectivity index (χ4v) is 2.18. The van der Waals surface area contributed by atoms with E-state index in [4.69, 9.17) is 4.74 Å². The van der Waals surface area contributed by atoms with Gasteiger partial charge in [0.2, 0.25) is 0 Å². The van der Waals surface area contributed by atoms with Crippen molar-refractivity contribution >= 4 is 0 Å². The van der Waals surface area contributed by atoms with Crippen molar-refractivity contribution in [1.82, 2.24) is 14.9 Å². The van der Waals surface area contributed by atoms with Gasteiger partial charge in [-0.3, -0.25) is 9.69 Å². The van der Waals surface area contributed by atoms with Gasteiger partial charge >= 0.3 is 0 Å². The number of ether oxygens (including phenoxy) is 1. The van der Waals surface area contributed by atoms with Crippen LogP contribution in [0.15, 0.2) is 4.79 Å². The molecule has 1 aromatic rings. The summed E-state index contributed by atoms with van der Waals surface area (Å²) in [5.41, 5.74) is 1.61. The van der Waals surface area contributed by atoms with Gasteiger partial charge < -0.3 is 9.72 Å². The Kier molecular flexibility index (Phi) is 4.06. The second-order valence-electron chi connectivity index (χ2n) is 6.01. The fourth-order valence-electron chi connectivity index (χ4n) is 2.18. The van der Waals surface area contributed by atoms with Crippen molar-refractivity contribution in [3.8, 4) is 0 Å². The summed E-state index contributed by atoms with van der Waals surface area (Å²) in [5.74, 6) is 0.759. The summed E-state index contributed by atoms with van der Waals surface area (Å²) in [5, 5.41) is 0. The van der Waals surface area contributed by atoms with Crippen LogP contribution in [0, 0.1) is 0 Å². The minimum Gasteiger partial charge on any atom is -0.366 e. The van der Waals surface area contributed by atoms with Gasteiger partial charge in [0.25, 0.3) is 5.56 Å². The number of nitrogens with one attached hydrogen (secondary N) is 1. The van der Waals surface area contributed by atoms with E-state index in [1.54, 1.807) is 0 Å². The predicted octanol–water partition coefficient (Wildman–Crippen LogP) is 1.42. The van der Waals surface area contributed by atoms with Gasteiger partial charge in [-0.2, -0.15) is 0 Å². The van der Waals surface area contributed by atoms with Crippen molar-refractivity contribution < 1.29 is 4.74 Å². The molecule has 1 N–H and O–H groups in total. The SMILES string of the molecule is CCOCN1CCc2c(nc(C(C)(C)C)[nH]c2=O)C1. The van der Waals surface area contributed by atoms with Crippen molar-refractivity contribution in [2.45, 2.75) is 46.1 Å². The fraction of sp³-hybridized carbons (Fsp3) is 0.714. The standard InChI is InChI=1S/C14H23N3O2/c1-5-19-9-17-7-6-10-11(8-17)15-13(14(2,3)4)16-12(10)18/h5-9H2,1-4H3,(H,15,16,18). The molecule has 2 rings (SSSR count). The Balaban J connectivity index is 2.27. The summed E-state index contributed by atoms with van der Waals surface area (Å²) < 4.78 is 5.43. The molecule has 106 valence electrons. The lowest BCUT2D eigenvalue weighted by molar-refractivity contribution is 0.0268. The topological polar surface area (TPSA) is 58.2 Å². The van der Waals surface area contributed by atoms with Crippen LogP contribution in [0.25, 0.3) is 0 Å². The number of nitrogens with zero attached hydrogens (tertiary/aromatic N) is 2. The van der Waals surface area contributed by atoms with Gasteiger partial charge in [0.15, 0.2) is 0 Å². The first-order valence-electron chi connectivity index (χ1n) is 6.84. The second kappa shape index (κ2) is 5.43. The van der Waals surface area contributed by atoms with Crippen molar-refractivity contribution in [3.05, 3.63) is 27.4 Å². The van der Waals surface area contributed by atoms with E-state index in [-0.39, 0.29) is 11.0 Å². The van der Waals surface area contributed by atoms with E-state index >= 15 is 0 Å². The normalized spacial score (nSPS) is 16.4. The third-order valence-electron chi connectivity index (χ3n) is 3.34. The molecule has 5 heteroatoms. The van der Waals surface area contributed by atoms with Gasteiger partial charge in [-0.15, -0.1) is 0 Å². The number of hydrogen-bond acceptors (Lipinski definition) is 4. The molecule has 0 fully saturated rings. The van der Waals surface area contributed by atoms with Gasteiger partial charge in [0.1, 0.15) is 5.82 Å². The third kappa shape index (κ3) is 3.22. The Morgan fingerprint density at radius 2 is 2.16 bits per heavy atom. The van der Waals surface area contributed by atoms with E-state index in [2.05, 4.69) is 35.6 Å². The van der Waals surface area contributed by atoms with Crippen LogP contribution >= 0.6 is 0 Å². The lowest BCUT2D eigenvalue weighted by atomic mass is 9.95. The number of aromatic amines is 1. The summed E-state index contributed by atoms with van der Waals surface area (Å²) in [4.78, 5) is 21.9. The molecular weight excluding hydrogens is 242 g/mol. The maximum atomic E-state index is 12.1. The Bertz CT molecular complexity index is 502. The third-order valence-corrected chi connectivity index (χ3v) is 3.34. The molecule has 0 radical (unpaired) electrons. The number of aromatic nitrogens is 2. The molecule has 0 saturated heterocycles. The largest absolute Gasteiger partial charge is 0.366 e. The Morgan fingerprint density at radius 1 is 1.42 bits per heavy atom. The number of rotatable bonds is 3. The molecule has 0 aliphatic carbocycles. The zero-order chi connectivity index (χ0) is 14.0. The zero-order valence-electron chi connectivity index (χ0n) is 12.2. The lowest BCUT2D eigenvalue weighted by Crippen LogP contribution is -2.38. The molecule has 0 aromatic carbocycles. The van der Waals surface area contributed by atoms with E-state index < -0.39 is 0 Å². The van der Waals surface area contributed by atoms with Crippen molar-refractivity contribution in [3.63, 3.8) is 0 Å². The molecule has 0 bridgehead atoms. The predicted molar refractivity (Wildman–Crippen MR) is 74.2 cm³/mol. The van der Waals surface area contributed by atoms with Crippen molar-refractivity contribution in [2.75, 3.05) is 19.9 Å². The first kappa shape index (κ1) is 14.2. The molecule has 0 atom stereocenters. The first-order chi connectivity index (χ1) is 8.91. The number of hydrogen-bond donors (Lipinski definition) is 1. The molecular formula is C14H23N3O2. The average Bonchev–Trinajstić information content (AvgIpc) is 2.34.